The van der Waals surface area contributed by atoms with Crippen molar-refractivity contribution in [2.24, 2.45) is 0 Å². The Kier molecular flexibility index (Phi) is 6.01. The second-order valence-corrected chi connectivity index (χ2v) is 9.49. The van der Waals surface area contributed by atoms with E-state index in [2.05, 4.69) is 15.5 Å². The van der Waals surface area contributed by atoms with Crippen molar-refractivity contribution < 1.29 is 21.6 Å². The average Bonchev–Trinajstić information content (AvgIpc) is 3.22. The summed E-state index contributed by atoms with van der Waals surface area (Å²) in [6, 6.07) is 11.6. The zero-order valence-corrected chi connectivity index (χ0v) is 18.0. The third-order valence-corrected chi connectivity index (χ3v) is 7.20. The Labute approximate surface area is 183 Å². The van der Waals surface area contributed by atoms with Gasteiger partial charge in [0, 0.05) is 26.2 Å². The van der Waals surface area contributed by atoms with Gasteiger partial charge in [0.2, 0.25) is 10.0 Å². The summed E-state index contributed by atoms with van der Waals surface area (Å²) in [6.07, 6.45) is -4.61. The normalized spacial score (nSPS) is 16.4. The van der Waals surface area contributed by atoms with E-state index in [1.165, 1.54) is 10.4 Å². The Morgan fingerprint density at radius 2 is 1.69 bits per heavy atom. The van der Waals surface area contributed by atoms with Crippen LogP contribution in [-0.2, 0) is 22.7 Å². The average molecular weight is 466 g/mol. The summed E-state index contributed by atoms with van der Waals surface area (Å²) in [5, 5.41) is 11.9. The monoisotopic (exact) mass is 466 g/mol. The van der Waals surface area contributed by atoms with Gasteiger partial charge in [-0.3, -0.25) is 4.90 Å². The maximum absolute atomic E-state index is 13.0. The highest BCUT2D eigenvalue weighted by molar-refractivity contribution is 7.89. The van der Waals surface area contributed by atoms with E-state index in [1.54, 1.807) is 4.68 Å². The number of hydrogen-bond donors (Lipinski definition) is 0. The number of rotatable bonds is 5. The minimum atomic E-state index is -4.61. The first kappa shape index (κ1) is 22.4. The summed E-state index contributed by atoms with van der Waals surface area (Å²) in [4.78, 5) is 1.65. The van der Waals surface area contributed by atoms with Crippen LogP contribution in [0.25, 0.3) is 5.69 Å². The standard InChI is InChI=1S/C20H21F3N6O2S/c1-15-5-7-17(8-6-15)29-19(24-25-26-29)14-27-9-11-28(12-10-27)32(30,31)18-4-2-3-16(13-18)20(21,22)23/h2-8,13H,9-12,14H2,1H3. The topological polar surface area (TPSA) is 84.2 Å². The van der Waals surface area contributed by atoms with Crippen LogP contribution in [0.5, 0.6) is 0 Å². The molecule has 1 aliphatic heterocycles. The number of benzene rings is 2. The molecule has 4 rings (SSSR count). The quantitative estimate of drug-likeness (QED) is 0.575. The molecule has 2 heterocycles. The Morgan fingerprint density at radius 3 is 2.34 bits per heavy atom. The van der Waals surface area contributed by atoms with Crippen molar-refractivity contribution in [3.63, 3.8) is 0 Å². The highest BCUT2D eigenvalue weighted by atomic mass is 32.2. The second kappa shape index (κ2) is 8.60. The number of hydrogen-bond acceptors (Lipinski definition) is 6. The molecule has 170 valence electrons. The van der Waals surface area contributed by atoms with Crippen molar-refractivity contribution >= 4 is 10.0 Å². The van der Waals surface area contributed by atoms with Gasteiger partial charge in [-0.25, -0.2) is 8.42 Å². The van der Waals surface area contributed by atoms with Crippen LogP contribution < -0.4 is 0 Å². The lowest BCUT2D eigenvalue weighted by molar-refractivity contribution is -0.137. The smallest absolute Gasteiger partial charge is 0.293 e. The molecule has 0 atom stereocenters. The van der Waals surface area contributed by atoms with Crippen molar-refractivity contribution in [3.05, 3.63) is 65.5 Å². The molecule has 1 fully saturated rings. The molecule has 1 aliphatic rings. The second-order valence-electron chi connectivity index (χ2n) is 7.55. The van der Waals surface area contributed by atoms with Gasteiger partial charge >= 0.3 is 6.18 Å². The van der Waals surface area contributed by atoms with Gasteiger partial charge in [0.15, 0.2) is 5.82 Å². The van der Waals surface area contributed by atoms with Gasteiger partial charge in [-0.05, 0) is 47.7 Å². The van der Waals surface area contributed by atoms with Gasteiger partial charge in [-0.1, -0.05) is 23.8 Å². The number of tetrazole rings is 1. The van der Waals surface area contributed by atoms with Gasteiger partial charge in [-0.15, -0.1) is 5.10 Å². The van der Waals surface area contributed by atoms with E-state index >= 15 is 0 Å². The fourth-order valence-electron chi connectivity index (χ4n) is 3.50. The van der Waals surface area contributed by atoms with E-state index in [0.29, 0.717) is 31.5 Å². The van der Waals surface area contributed by atoms with E-state index in [0.717, 1.165) is 23.4 Å². The van der Waals surface area contributed by atoms with Crippen LogP contribution in [0.2, 0.25) is 0 Å². The van der Waals surface area contributed by atoms with Crippen LogP contribution in [0.4, 0.5) is 13.2 Å². The first-order chi connectivity index (χ1) is 15.1. The molecule has 0 saturated carbocycles. The molecule has 1 aromatic heterocycles. The highest BCUT2D eigenvalue weighted by Gasteiger charge is 2.34. The molecule has 0 amide bonds. The lowest BCUT2D eigenvalue weighted by Gasteiger charge is -2.33. The molecule has 0 N–H and O–H groups in total. The van der Waals surface area contributed by atoms with E-state index in [9.17, 15) is 21.6 Å². The summed E-state index contributed by atoms with van der Waals surface area (Å²) in [6.45, 7) is 3.52. The number of nitrogens with zero attached hydrogens (tertiary/aromatic N) is 6. The molecule has 32 heavy (non-hydrogen) atoms. The molecule has 2 aromatic carbocycles. The summed E-state index contributed by atoms with van der Waals surface area (Å²) < 4.78 is 67.5. The predicted octanol–water partition coefficient (Wildman–Crippen LogP) is 2.50. The van der Waals surface area contributed by atoms with Crippen molar-refractivity contribution in [1.82, 2.24) is 29.4 Å². The fraction of sp³-hybridized carbons (Fsp3) is 0.350. The minimum Gasteiger partial charge on any atom is -0.293 e. The fourth-order valence-corrected chi connectivity index (χ4v) is 4.97. The number of halogens is 3. The number of piperazine rings is 1. The van der Waals surface area contributed by atoms with Gasteiger partial charge in [0.05, 0.1) is 22.7 Å². The Morgan fingerprint density at radius 1 is 1.00 bits per heavy atom. The third-order valence-electron chi connectivity index (χ3n) is 5.31. The molecule has 8 nitrogen and oxygen atoms in total. The Balaban J connectivity index is 1.43. The van der Waals surface area contributed by atoms with Crippen LogP contribution in [0.3, 0.4) is 0 Å². The maximum atomic E-state index is 13.0. The predicted molar refractivity (Wildman–Crippen MR) is 109 cm³/mol. The third kappa shape index (κ3) is 4.66. The number of aryl methyl sites for hydroxylation is 1. The molecule has 3 aromatic rings. The van der Waals surface area contributed by atoms with Gasteiger partial charge in [0.1, 0.15) is 0 Å². The van der Waals surface area contributed by atoms with Crippen molar-refractivity contribution in [2.75, 3.05) is 26.2 Å². The molecule has 0 bridgehead atoms. The lowest BCUT2D eigenvalue weighted by atomic mass is 10.2. The molecular formula is C20H21F3N6O2S. The SMILES string of the molecule is Cc1ccc(-n2nnnc2CN2CCN(S(=O)(=O)c3cccc(C(F)(F)F)c3)CC2)cc1. The van der Waals surface area contributed by atoms with Gasteiger partial charge in [-0.2, -0.15) is 22.2 Å². The molecule has 12 heteroatoms. The summed E-state index contributed by atoms with van der Waals surface area (Å²) >= 11 is 0. The highest BCUT2D eigenvalue weighted by Crippen LogP contribution is 2.31. The van der Waals surface area contributed by atoms with E-state index < -0.39 is 21.8 Å². The Hall–Kier alpha value is -2.83. The first-order valence-electron chi connectivity index (χ1n) is 9.89. The van der Waals surface area contributed by atoms with Gasteiger partial charge < -0.3 is 0 Å². The molecular weight excluding hydrogens is 445 g/mol. The summed E-state index contributed by atoms with van der Waals surface area (Å²) in [5.41, 5.74) is 0.947. The van der Waals surface area contributed by atoms with Crippen LogP contribution in [0, 0.1) is 6.92 Å². The summed E-state index contributed by atoms with van der Waals surface area (Å²) in [5.74, 6) is 0.614. The van der Waals surface area contributed by atoms with Crippen molar-refractivity contribution in [2.45, 2.75) is 24.5 Å². The van der Waals surface area contributed by atoms with Crippen LogP contribution in [0.15, 0.2) is 53.4 Å². The van der Waals surface area contributed by atoms with Crippen molar-refractivity contribution in [1.29, 1.82) is 0 Å². The Bertz CT molecular complexity index is 1190. The number of aromatic nitrogens is 4. The van der Waals surface area contributed by atoms with Crippen LogP contribution in [0.1, 0.15) is 17.0 Å². The lowest BCUT2D eigenvalue weighted by Crippen LogP contribution is -2.48. The van der Waals surface area contributed by atoms with E-state index in [1.807, 2.05) is 36.1 Å². The van der Waals surface area contributed by atoms with E-state index in [-0.39, 0.29) is 18.0 Å². The summed E-state index contributed by atoms with van der Waals surface area (Å²) in [7, 11) is -4.02. The number of alkyl halides is 3. The molecule has 1 saturated heterocycles. The molecule has 0 unspecified atom stereocenters. The van der Waals surface area contributed by atoms with E-state index in [4.69, 9.17) is 0 Å². The number of sulfonamides is 1. The van der Waals surface area contributed by atoms with Gasteiger partial charge in [0.25, 0.3) is 0 Å². The van der Waals surface area contributed by atoms with Crippen LogP contribution >= 0.6 is 0 Å². The zero-order valence-electron chi connectivity index (χ0n) is 17.2. The van der Waals surface area contributed by atoms with Crippen molar-refractivity contribution in [3.8, 4) is 5.69 Å². The van der Waals surface area contributed by atoms with Crippen LogP contribution in [-0.4, -0.2) is 64.0 Å². The molecule has 0 spiro atoms. The molecule has 0 aliphatic carbocycles. The largest absolute Gasteiger partial charge is 0.416 e. The zero-order chi connectivity index (χ0) is 22.9. The minimum absolute atomic E-state index is 0.157. The maximum Gasteiger partial charge on any atom is 0.416 e. The first-order valence-corrected chi connectivity index (χ1v) is 11.3. The molecule has 0 radical (unpaired) electrons.